The molecule has 6 nitrogen and oxygen atoms in total. The van der Waals surface area contributed by atoms with Gasteiger partial charge in [0.15, 0.2) is 0 Å². The number of hydrogen-bond donors (Lipinski definition) is 0. The molecular formula is C15H20N2O4. The first-order chi connectivity index (χ1) is 10.1. The number of ether oxygens (including phenoxy) is 1. The van der Waals surface area contributed by atoms with E-state index in [2.05, 4.69) is 0 Å². The number of para-hydroxylation sites is 1. The summed E-state index contributed by atoms with van der Waals surface area (Å²) in [6.45, 7) is 3.30. The molecule has 0 bridgehead atoms. The van der Waals surface area contributed by atoms with E-state index < -0.39 is 0 Å². The Bertz CT molecular complexity index is 518. The van der Waals surface area contributed by atoms with Gasteiger partial charge in [-0.15, -0.1) is 0 Å². The maximum Gasteiger partial charge on any atom is 0.323 e. The van der Waals surface area contributed by atoms with Crippen LogP contribution in [-0.4, -0.2) is 35.0 Å². The molecule has 6 heteroatoms. The molecule has 0 unspecified atom stereocenters. The van der Waals surface area contributed by atoms with Gasteiger partial charge < -0.3 is 4.74 Å². The van der Waals surface area contributed by atoms with Crippen molar-refractivity contribution in [2.24, 2.45) is 0 Å². The minimum Gasteiger partial charge on any atom is -0.465 e. The van der Waals surface area contributed by atoms with Gasteiger partial charge in [0.2, 0.25) is 0 Å². The van der Waals surface area contributed by atoms with Gasteiger partial charge in [-0.1, -0.05) is 24.6 Å². The lowest BCUT2D eigenvalue weighted by atomic mass is 10.0. The number of hydrogen-bond acceptors (Lipinski definition) is 5. The molecule has 1 saturated heterocycles. The Hall–Kier alpha value is -1.95. The molecule has 0 radical (unpaired) electrons. The van der Waals surface area contributed by atoms with Gasteiger partial charge in [-0.3, -0.25) is 19.8 Å². The third kappa shape index (κ3) is 3.78. The highest BCUT2D eigenvalue weighted by atomic mass is 16.6. The Morgan fingerprint density at radius 2 is 2.19 bits per heavy atom. The van der Waals surface area contributed by atoms with E-state index in [0.29, 0.717) is 18.7 Å². The van der Waals surface area contributed by atoms with Gasteiger partial charge in [-0.2, -0.15) is 0 Å². The quantitative estimate of drug-likeness (QED) is 0.473. The van der Waals surface area contributed by atoms with E-state index in [1.54, 1.807) is 25.1 Å². The largest absolute Gasteiger partial charge is 0.465 e. The highest BCUT2D eigenvalue weighted by molar-refractivity contribution is 5.75. The second-order valence-electron chi connectivity index (χ2n) is 5.12. The summed E-state index contributed by atoms with van der Waals surface area (Å²) in [6.07, 6.45) is 2.73. The maximum absolute atomic E-state index is 12.0. The van der Waals surface area contributed by atoms with Crippen molar-refractivity contribution in [3.8, 4) is 0 Å². The van der Waals surface area contributed by atoms with Gasteiger partial charge in [0.25, 0.3) is 5.69 Å². The first-order valence-corrected chi connectivity index (χ1v) is 7.26. The van der Waals surface area contributed by atoms with Crippen molar-refractivity contribution in [1.82, 2.24) is 4.90 Å². The van der Waals surface area contributed by atoms with Crippen molar-refractivity contribution >= 4 is 11.7 Å². The summed E-state index contributed by atoms with van der Waals surface area (Å²) in [5.74, 6) is -0.226. The maximum atomic E-state index is 12.0. The molecule has 0 amide bonds. The molecule has 21 heavy (non-hydrogen) atoms. The predicted octanol–water partition coefficient (Wildman–Crippen LogP) is 2.51. The molecule has 1 heterocycles. The van der Waals surface area contributed by atoms with Gasteiger partial charge in [0.05, 0.1) is 11.5 Å². The van der Waals surface area contributed by atoms with E-state index in [4.69, 9.17) is 4.74 Å². The second-order valence-corrected chi connectivity index (χ2v) is 5.12. The summed E-state index contributed by atoms with van der Waals surface area (Å²) in [6, 6.07) is 6.39. The molecule has 1 aliphatic heterocycles. The molecule has 2 rings (SSSR count). The van der Waals surface area contributed by atoms with Crippen LogP contribution in [0.1, 0.15) is 31.7 Å². The average Bonchev–Trinajstić information content (AvgIpc) is 2.48. The van der Waals surface area contributed by atoms with Crippen LogP contribution >= 0.6 is 0 Å². The summed E-state index contributed by atoms with van der Waals surface area (Å²) >= 11 is 0. The highest BCUT2D eigenvalue weighted by Crippen LogP contribution is 2.25. The van der Waals surface area contributed by atoms with Crippen LogP contribution in [0.4, 0.5) is 5.69 Å². The fraction of sp³-hybridized carbons (Fsp3) is 0.533. The number of nitrogens with zero attached hydrogens (tertiary/aromatic N) is 2. The van der Waals surface area contributed by atoms with Crippen molar-refractivity contribution in [2.45, 2.75) is 38.8 Å². The van der Waals surface area contributed by atoms with Crippen LogP contribution in [-0.2, 0) is 16.1 Å². The Morgan fingerprint density at radius 3 is 2.90 bits per heavy atom. The Balaban J connectivity index is 2.16. The topological polar surface area (TPSA) is 72.7 Å². The minimum absolute atomic E-state index is 0.102. The van der Waals surface area contributed by atoms with E-state index in [1.807, 2.05) is 4.90 Å². The van der Waals surface area contributed by atoms with Gasteiger partial charge in [-0.25, -0.2) is 0 Å². The number of rotatable bonds is 5. The molecule has 114 valence electrons. The van der Waals surface area contributed by atoms with Crippen LogP contribution in [0.3, 0.4) is 0 Å². The van der Waals surface area contributed by atoms with Crippen LogP contribution < -0.4 is 0 Å². The Kier molecular flexibility index (Phi) is 5.27. The van der Waals surface area contributed by atoms with Crippen LogP contribution in [0.15, 0.2) is 24.3 Å². The van der Waals surface area contributed by atoms with Crippen molar-refractivity contribution in [3.63, 3.8) is 0 Å². The number of nitro benzene ring substituents is 1. The first-order valence-electron chi connectivity index (χ1n) is 7.26. The second kappa shape index (κ2) is 7.17. The zero-order valence-corrected chi connectivity index (χ0v) is 12.2. The third-order valence-corrected chi connectivity index (χ3v) is 3.73. The van der Waals surface area contributed by atoms with Gasteiger partial charge in [-0.05, 0) is 26.3 Å². The molecule has 0 saturated carbocycles. The number of benzene rings is 1. The van der Waals surface area contributed by atoms with Crippen molar-refractivity contribution in [1.29, 1.82) is 0 Å². The molecule has 0 aliphatic carbocycles. The smallest absolute Gasteiger partial charge is 0.323 e. The third-order valence-electron chi connectivity index (χ3n) is 3.73. The lowest BCUT2D eigenvalue weighted by Gasteiger charge is -2.33. The van der Waals surface area contributed by atoms with E-state index in [1.165, 1.54) is 6.07 Å². The van der Waals surface area contributed by atoms with Crippen LogP contribution in [0.2, 0.25) is 0 Å². The molecule has 0 aromatic heterocycles. The van der Waals surface area contributed by atoms with E-state index >= 15 is 0 Å². The zero-order chi connectivity index (χ0) is 15.2. The Morgan fingerprint density at radius 1 is 1.43 bits per heavy atom. The monoisotopic (exact) mass is 292 g/mol. The van der Waals surface area contributed by atoms with Crippen molar-refractivity contribution < 1.29 is 14.5 Å². The summed E-state index contributed by atoms with van der Waals surface area (Å²) in [4.78, 5) is 24.7. The van der Waals surface area contributed by atoms with Gasteiger partial charge >= 0.3 is 5.97 Å². The fourth-order valence-electron chi connectivity index (χ4n) is 2.73. The van der Waals surface area contributed by atoms with Crippen LogP contribution in [0.25, 0.3) is 0 Å². The predicted molar refractivity (Wildman–Crippen MR) is 77.8 cm³/mol. The first kappa shape index (κ1) is 15.4. The summed E-state index contributed by atoms with van der Waals surface area (Å²) in [5.41, 5.74) is 0.740. The summed E-state index contributed by atoms with van der Waals surface area (Å²) in [5, 5.41) is 11.1. The minimum atomic E-state index is -0.376. The molecule has 0 spiro atoms. The van der Waals surface area contributed by atoms with Crippen molar-refractivity contribution in [3.05, 3.63) is 39.9 Å². The van der Waals surface area contributed by atoms with Gasteiger partial charge in [0.1, 0.15) is 6.04 Å². The number of nitro groups is 1. The molecule has 0 N–H and O–H groups in total. The van der Waals surface area contributed by atoms with E-state index in [-0.39, 0.29) is 22.6 Å². The SMILES string of the molecule is CCOC(=O)[C@H]1CCCCN1Cc1ccccc1[N+](=O)[O-]. The highest BCUT2D eigenvalue weighted by Gasteiger charge is 2.31. The number of carbonyl (C=O) groups is 1. The van der Waals surface area contributed by atoms with Gasteiger partial charge in [0, 0.05) is 18.2 Å². The average molecular weight is 292 g/mol. The van der Waals surface area contributed by atoms with Crippen molar-refractivity contribution in [2.75, 3.05) is 13.2 Å². The standard InChI is InChI=1S/C15H20N2O4/c1-2-21-15(18)14-9-5-6-10-16(14)11-12-7-3-4-8-13(12)17(19)20/h3-4,7-8,14H,2,5-6,9-11H2,1H3/t14-/m1/s1. The zero-order valence-electron chi connectivity index (χ0n) is 12.2. The molecule has 1 aliphatic rings. The number of carbonyl (C=O) groups excluding carboxylic acids is 1. The molecule has 1 atom stereocenters. The van der Waals surface area contributed by atoms with E-state index in [9.17, 15) is 14.9 Å². The number of esters is 1. The normalized spacial score (nSPS) is 19.2. The molecule has 1 aromatic rings. The number of likely N-dealkylation sites (tertiary alicyclic amines) is 1. The molecule has 1 aromatic carbocycles. The number of piperidine rings is 1. The lowest BCUT2D eigenvalue weighted by molar-refractivity contribution is -0.385. The van der Waals surface area contributed by atoms with Crippen LogP contribution in [0, 0.1) is 10.1 Å². The molecular weight excluding hydrogens is 272 g/mol. The lowest BCUT2D eigenvalue weighted by Crippen LogP contribution is -2.45. The summed E-state index contributed by atoms with van der Waals surface area (Å²) in [7, 11) is 0. The Labute approximate surface area is 123 Å². The summed E-state index contributed by atoms with van der Waals surface area (Å²) < 4.78 is 5.11. The fourth-order valence-corrected chi connectivity index (χ4v) is 2.73. The molecule has 1 fully saturated rings. The van der Waals surface area contributed by atoms with E-state index in [0.717, 1.165) is 25.8 Å². The van der Waals surface area contributed by atoms with Crippen LogP contribution in [0.5, 0.6) is 0 Å².